The molecule has 1 N–H and O–H groups in total. The molecule has 0 aliphatic rings. The molecule has 1 aromatic heterocycles. The summed E-state index contributed by atoms with van der Waals surface area (Å²) in [5, 5.41) is 15.1. The number of aryl methyl sites for hydroxylation is 2. The van der Waals surface area contributed by atoms with E-state index in [1.807, 2.05) is 49.4 Å². The SMILES string of the molecule is CCn1nc(-c2ccc(C)cc2)c(-c2ccccc2)c1O. The van der Waals surface area contributed by atoms with E-state index >= 15 is 0 Å². The zero-order valence-electron chi connectivity index (χ0n) is 12.2. The number of aromatic nitrogens is 2. The molecule has 21 heavy (non-hydrogen) atoms. The van der Waals surface area contributed by atoms with Crippen molar-refractivity contribution in [1.29, 1.82) is 0 Å². The number of aromatic hydroxyl groups is 1. The van der Waals surface area contributed by atoms with Crippen LogP contribution in [0.2, 0.25) is 0 Å². The van der Waals surface area contributed by atoms with E-state index in [0.717, 1.165) is 22.4 Å². The summed E-state index contributed by atoms with van der Waals surface area (Å²) in [6, 6.07) is 18.1. The lowest BCUT2D eigenvalue weighted by molar-refractivity contribution is 0.407. The molecule has 0 unspecified atom stereocenters. The third kappa shape index (κ3) is 2.42. The molecule has 3 rings (SSSR count). The lowest BCUT2D eigenvalue weighted by Gasteiger charge is -2.04. The van der Waals surface area contributed by atoms with Gasteiger partial charge in [-0.05, 0) is 19.4 Å². The van der Waals surface area contributed by atoms with Crippen LogP contribution in [0, 0.1) is 6.92 Å². The zero-order chi connectivity index (χ0) is 14.8. The Morgan fingerprint density at radius 2 is 1.62 bits per heavy atom. The van der Waals surface area contributed by atoms with Crippen LogP contribution in [-0.4, -0.2) is 14.9 Å². The van der Waals surface area contributed by atoms with Gasteiger partial charge in [-0.25, -0.2) is 4.68 Å². The van der Waals surface area contributed by atoms with Crippen LogP contribution in [-0.2, 0) is 6.54 Å². The Kier molecular flexibility index (Phi) is 3.48. The Morgan fingerprint density at radius 3 is 2.24 bits per heavy atom. The fourth-order valence-corrected chi connectivity index (χ4v) is 2.46. The smallest absolute Gasteiger partial charge is 0.218 e. The van der Waals surface area contributed by atoms with E-state index in [4.69, 9.17) is 0 Å². The Morgan fingerprint density at radius 1 is 0.952 bits per heavy atom. The number of hydrogen-bond donors (Lipinski definition) is 1. The molecule has 3 nitrogen and oxygen atoms in total. The quantitative estimate of drug-likeness (QED) is 0.777. The van der Waals surface area contributed by atoms with E-state index in [-0.39, 0.29) is 5.88 Å². The predicted octanol–water partition coefficient (Wildman–Crippen LogP) is 4.25. The summed E-state index contributed by atoms with van der Waals surface area (Å²) in [6.45, 7) is 4.67. The highest BCUT2D eigenvalue weighted by molar-refractivity contribution is 5.84. The van der Waals surface area contributed by atoms with E-state index < -0.39 is 0 Å². The minimum atomic E-state index is 0.222. The first kappa shape index (κ1) is 13.4. The Labute approximate surface area is 124 Å². The summed E-state index contributed by atoms with van der Waals surface area (Å²) < 4.78 is 1.64. The molecule has 0 aliphatic heterocycles. The molecule has 0 fully saturated rings. The molecule has 0 aliphatic carbocycles. The van der Waals surface area contributed by atoms with Crippen molar-refractivity contribution in [1.82, 2.24) is 9.78 Å². The monoisotopic (exact) mass is 278 g/mol. The molecule has 3 aromatic rings. The van der Waals surface area contributed by atoms with Gasteiger partial charge < -0.3 is 5.11 Å². The molecule has 0 saturated carbocycles. The molecule has 1 heterocycles. The normalized spacial score (nSPS) is 10.8. The van der Waals surface area contributed by atoms with Gasteiger partial charge in [-0.2, -0.15) is 5.10 Å². The molecule has 2 aromatic carbocycles. The van der Waals surface area contributed by atoms with Crippen LogP contribution in [0.5, 0.6) is 5.88 Å². The van der Waals surface area contributed by atoms with E-state index in [2.05, 4.69) is 24.2 Å². The average Bonchev–Trinajstić information content (AvgIpc) is 2.85. The maximum Gasteiger partial charge on any atom is 0.218 e. The van der Waals surface area contributed by atoms with Gasteiger partial charge in [0.2, 0.25) is 5.88 Å². The first-order chi connectivity index (χ1) is 10.2. The van der Waals surface area contributed by atoms with Crippen LogP contribution >= 0.6 is 0 Å². The van der Waals surface area contributed by atoms with Gasteiger partial charge in [0, 0.05) is 12.1 Å². The van der Waals surface area contributed by atoms with Gasteiger partial charge in [0.05, 0.1) is 5.56 Å². The van der Waals surface area contributed by atoms with Crippen molar-refractivity contribution < 1.29 is 5.11 Å². The third-order valence-corrected chi connectivity index (χ3v) is 3.61. The molecule has 0 atom stereocenters. The van der Waals surface area contributed by atoms with E-state index in [9.17, 15) is 5.11 Å². The lowest BCUT2D eigenvalue weighted by Crippen LogP contribution is -1.95. The molecular formula is C18H18N2O. The molecule has 106 valence electrons. The summed E-state index contributed by atoms with van der Waals surface area (Å²) in [5.74, 6) is 0.222. The summed E-state index contributed by atoms with van der Waals surface area (Å²) in [7, 11) is 0. The maximum atomic E-state index is 10.5. The summed E-state index contributed by atoms with van der Waals surface area (Å²) in [6.07, 6.45) is 0. The van der Waals surface area contributed by atoms with Gasteiger partial charge in [-0.15, -0.1) is 0 Å². The van der Waals surface area contributed by atoms with Gasteiger partial charge >= 0.3 is 0 Å². The van der Waals surface area contributed by atoms with Crippen LogP contribution in [0.3, 0.4) is 0 Å². The largest absolute Gasteiger partial charge is 0.493 e. The fourth-order valence-electron chi connectivity index (χ4n) is 2.46. The second-order valence-corrected chi connectivity index (χ2v) is 5.10. The van der Waals surface area contributed by atoms with Crippen LogP contribution in [0.4, 0.5) is 0 Å². The number of hydrogen-bond acceptors (Lipinski definition) is 2. The zero-order valence-corrected chi connectivity index (χ0v) is 12.2. The lowest BCUT2D eigenvalue weighted by atomic mass is 10.0. The highest BCUT2D eigenvalue weighted by Crippen LogP contribution is 2.38. The van der Waals surface area contributed by atoms with Crippen molar-refractivity contribution in [3.63, 3.8) is 0 Å². The van der Waals surface area contributed by atoms with Crippen LogP contribution in [0.25, 0.3) is 22.4 Å². The van der Waals surface area contributed by atoms with Crippen molar-refractivity contribution in [3.8, 4) is 28.3 Å². The summed E-state index contributed by atoms with van der Waals surface area (Å²) in [4.78, 5) is 0. The van der Waals surface area contributed by atoms with E-state index in [0.29, 0.717) is 6.54 Å². The summed E-state index contributed by atoms with van der Waals surface area (Å²) >= 11 is 0. The van der Waals surface area contributed by atoms with Crippen LogP contribution < -0.4 is 0 Å². The molecule has 0 bridgehead atoms. The van der Waals surface area contributed by atoms with Crippen molar-refractivity contribution in [2.75, 3.05) is 0 Å². The predicted molar refractivity (Wildman–Crippen MR) is 85.2 cm³/mol. The summed E-state index contributed by atoms with van der Waals surface area (Å²) in [5.41, 5.74) is 4.81. The molecule has 0 saturated heterocycles. The number of nitrogens with zero attached hydrogens (tertiary/aromatic N) is 2. The van der Waals surface area contributed by atoms with Gasteiger partial charge in [0.25, 0.3) is 0 Å². The molecule has 0 spiro atoms. The molecule has 3 heteroatoms. The fraction of sp³-hybridized carbons (Fsp3) is 0.167. The van der Waals surface area contributed by atoms with Gasteiger partial charge in [-0.3, -0.25) is 0 Å². The van der Waals surface area contributed by atoms with Crippen molar-refractivity contribution in [2.24, 2.45) is 0 Å². The maximum absolute atomic E-state index is 10.5. The first-order valence-corrected chi connectivity index (χ1v) is 7.13. The van der Waals surface area contributed by atoms with Crippen LogP contribution in [0.15, 0.2) is 54.6 Å². The Hall–Kier alpha value is -2.55. The van der Waals surface area contributed by atoms with Crippen molar-refractivity contribution in [2.45, 2.75) is 20.4 Å². The van der Waals surface area contributed by atoms with E-state index in [1.54, 1.807) is 4.68 Å². The van der Waals surface area contributed by atoms with Gasteiger partial charge in [0.15, 0.2) is 0 Å². The van der Waals surface area contributed by atoms with Crippen molar-refractivity contribution >= 4 is 0 Å². The second kappa shape index (κ2) is 5.44. The highest BCUT2D eigenvalue weighted by Gasteiger charge is 2.19. The molecular weight excluding hydrogens is 260 g/mol. The molecule has 0 amide bonds. The van der Waals surface area contributed by atoms with E-state index in [1.165, 1.54) is 5.56 Å². The second-order valence-electron chi connectivity index (χ2n) is 5.10. The van der Waals surface area contributed by atoms with Crippen molar-refractivity contribution in [3.05, 3.63) is 60.2 Å². The minimum Gasteiger partial charge on any atom is -0.493 e. The molecule has 0 radical (unpaired) electrons. The number of rotatable bonds is 3. The first-order valence-electron chi connectivity index (χ1n) is 7.13. The van der Waals surface area contributed by atoms with Crippen LogP contribution in [0.1, 0.15) is 12.5 Å². The average molecular weight is 278 g/mol. The Balaban J connectivity index is 2.22. The highest BCUT2D eigenvalue weighted by atomic mass is 16.3. The number of benzene rings is 2. The topological polar surface area (TPSA) is 38.0 Å². The Bertz CT molecular complexity index is 743. The van der Waals surface area contributed by atoms with Gasteiger partial charge in [0.1, 0.15) is 5.69 Å². The third-order valence-electron chi connectivity index (χ3n) is 3.61. The minimum absolute atomic E-state index is 0.222. The standard InChI is InChI=1S/C18H18N2O/c1-3-20-18(21)16(14-7-5-4-6-8-14)17(19-20)15-11-9-13(2)10-12-15/h4-12,21H,3H2,1-2H3. The van der Waals surface area contributed by atoms with Gasteiger partial charge in [-0.1, -0.05) is 60.2 Å².